The van der Waals surface area contributed by atoms with Crippen LogP contribution < -0.4 is 11.3 Å². The van der Waals surface area contributed by atoms with Gasteiger partial charge in [0.05, 0.1) is 5.56 Å². The second kappa shape index (κ2) is 4.08. The van der Waals surface area contributed by atoms with Gasteiger partial charge in [-0.25, -0.2) is 5.84 Å². The number of nitrogen functional groups attached to an aromatic ring is 1. The normalized spacial score (nSPS) is 9.50. The number of hydrogen-bond acceptors (Lipinski definition) is 4. The van der Waals surface area contributed by atoms with Crippen LogP contribution >= 0.6 is 11.8 Å². The topological polar surface area (TPSA) is 68.0 Å². The molecule has 3 N–H and O–H groups in total. The van der Waals surface area contributed by atoms with Crippen LogP contribution in [0.15, 0.2) is 23.4 Å². The van der Waals surface area contributed by atoms with E-state index < -0.39 is 0 Å². The summed E-state index contributed by atoms with van der Waals surface area (Å²) in [5.74, 6) is 4.64. The largest absolute Gasteiger partial charge is 0.290 e. The van der Waals surface area contributed by atoms with Gasteiger partial charge in [-0.2, -0.15) is 0 Å². The predicted octanol–water partition coefficient (Wildman–Crippen LogP) is 0.407. The van der Waals surface area contributed by atoms with E-state index in [0.717, 1.165) is 4.90 Å². The first-order valence-corrected chi connectivity index (χ1v) is 4.50. The molecule has 0 aliphatic heterocycles. The molecule has 1 heterocycles. The van der Waals surface area contributed by atoms with Crippen molar-refractivity contribution < 1.29 is 4.79 Å². The molecule has 1 aromatic rings. The van der Waals surface area contributed by atoms with Crippen LogP contribution in [-0.2, 0) is 0 Å². The van der Waals surface area contributed by atoms with E-state index in [1.54, 1.807) is 12.3 Å². The van der Waals surface area contributed by atoms with Crippen molar-refractivity contribution in [3.63, 3.8) is 0 Å². The van der Waals surface area contributed by atoms with Crippen LogP contribution in [0.1, 0.15) is 10.4 Å². The standard InChI is InChI=1S/C7H9N3OS/c1-12-6-2-5(3-9-4-6)7(11)10-8/h2-4H,8H2,1H3,(H,10,11). The molecule has 5 heteroatoms. The molecule has 0 atom stereocenters. The van der Waals surface area contributed by atoms with Crippen molar-refractivity contribution in [3.8, 4) is 0 Å². The van der Waals surface area contributed by atoms with Crippen molar-refractivity contribution >= 4 is 17.7 Å². The van der Waals surface area contributed by atoms with E-state index in [4.69, 9.17) is 5.84 Å². The first-order chi connectivity index (χ1) is 5.77. The number of nitrogens with zero attached hydrogens (tertiary/aromatic N) is 1. The highest BCUT2D eigenvalue weighted by molar-refractivity contribution is 7.98. The van der Waals surface area contributed by atoms with Crippen molar-refractivity contribution in [1.29, 1.82) is 0 Å². The van der Waals surface area contributed by atoms with Gasteiger partial charge in [0.1, 0.15) is 0 Å². The maximum Gasteiger partial charge on any atom is 0.266 e. The zero-order valence-electron chi connectivity index (χ0n) is 6.57. The zero-order chi connectivity index (χ0) is 8.97. The fourth-order valence-electron chi connectivity index (χ4n) is 0.738. The van der Waals surface area contributed by atoms with Crippen LogP contribution in [0.5, 0.6) is 0 Å². The van der Waals surface area contributed by atoms with E-state index in [0.29, 0.717) is 5.56 Å². The number of aromatic nitrogens is 1. The second-order valence-corrected chi connectivity index (χ2v) is 2.97. The minimum Gasteiger partial charge on any atom is -0.290 e. The third-order valence-corrected chi connectivity index (χ3v) is 2.04. The summed E-state index contributed by atoms with van der Waals surface area (Å²) in [5, 5.41) is 0. The number of pyridine rings is 1. The lowest BCUT2D eigenvalue weighted by Crippen LogP contribution is -2.30. The number of nitrogens with two attached hydrogens (primary N) is 1. The molecule has 0 fully saturated rings. The molecular formula is C7H9N3OS. The van der Waals surface area contributed by atoms with E-state index in [9.17, 15) is 4.79 Å². The molecule has 0 saturated heterocycles. The monoisotopic (exact) mass is 183 g/mol. The molecule has 0 unspecified atom stereocenters. The Kier molecular flexibility index (Phi) is 3.07. The first-order valence-electron chi connectivity index (χ1n) is 3.28. The molecule has 0 aliphatic carbocycles. The summed E-state index contributed by atoms with van der Waals surface area (Å²) in [6.07, 6.45) is 5.08. The van der Waals surface area contributed by atoms with Crippen molar-refractivity contribution in [2.45, 2.75) is 4.90 Å². The van der Waals surface area contributed by atoms with E-state index in [1.165, 1.54) is 18.0 Å². The molecule has 0 radical (unpaired) electrons. The van der Waals surface area contributed by atoms with E-state index in [-0.39, 0.29) is 5.91 Å². The second-order valence-electron chi connectivity index (χ2n) is 2.09. The molecule has 0 aliphatic rings. The number of amides is 1. The zero-order valence-corrected chi connectivity index (χ0v) is 7.39. The van der Waals surface area contributed by atoms with Gasteiger partial charge in [0.15, 0.2) is 0 Å². The van der Waals surface area contributed by atoms with Gasteiger partial charge in [-0.1, -0.05) is 0 Å². The van der Waals surface area contributed by atoms with E-state index in [1.807, 2.05) is 11.7 Å². The van der Waals surface area contributed by atoms with Crippen molar-refractivity contribution in [1.82, 2.24) is 10.4 Å². The average molecular weight is 183 g/mol. The molecule has 0 spiro atoms. The summed E-state index contributed by atoms with van der Waals surface area (Å²) >= 11 is 1.53. The highest BCUT2D eigenvalue weighted by atomic mass is 32.2. The predicted molar refractivity (Wildman–Crippen MR) is 47.7 cm³/mol. The Morgan fingerprint density at radius 3 is 3.00 bits per heavy atom. The summed E-state index contributed by atoms with van der Waals surface area (Å²) in [6, 6.07) is 1.74. The van der Waals surface area contributed by atoms with Crippen LogP contribution in [0.2, 0.25) is 0 Å². The van der Waals surface area contributed by atoms with Crippen molar-refractivity contribution in [2.24, 2.45) is 5.84 Å². The number of hydrogen-bond donors (Lipinski definition) is 2. The van der Waals surface area contributed by atoms with Gasteiger partial charge in [-0.05, 0) is 12.3 Å². The molecule has 0 aromatic carbocycles. The Morgan fingerprint density at radius 2 is 2.42 bits per heavy atom. The quantitative estimate of drug-likeness (QED) is 0.301. The van der Waals surface area contributed by atoms with E-state index in [2.05, 4.69) is 4.98 Å². The summed E-state index contributed by atoms with van der Waals surface area (Å²) < 4.78 is 0. The highest BCUT2D eigenvalue weighted by Gasteiger charge is 2.03. The van der Waals surface area contributed by atoms with Crippen LogP contribution in [0.25, 0.3) is 0 Å². The molecule has 0 saturated carbocycles. The Morgan fingerprint density at radius 1 is 1.67 bits per heavy atom. The number of thioether (sulfide) groups is 1. The molecule has 1 aromatic heterocycles. The number of nitrogens with one attached hydrogen (secondary N) is 1. The van der Waals surface area contributed by atoms with Gasteiger partial charge in [0.25, 0.3) is 5.91 Å². The maximum absolute atomic E-state index is 11.0. The molecule has 0 bridgehead atoms. The number of hydrazine groups is 1. The van der Waals surface area contributed by atoms with E-state index >= 15 is 0 Å². The third kappa shape index (κ3) is 1.96. The Balaban J connectivity index is 2.93. The number of carbonyl (C=O) groups is 1. The molecular weight excluding hydrogens is 174 g/mol. The number of rotatable bonds is 2. The lowest BCUT2D eigenvalue weighted by molar-refractivity contribution is 0.0953. The van der Waals surface area contributed by atoms with Gasteiger partial charge in [-0.3, -0.25) is 15.2 Å². The fraction of sp³-hybridized carbons (Fsp3) is 0.143. The van der Waals surface area contributed by atoms with Crippen LogP contribution in [-0.4, -0.2) is 17.1 Å². The Bertz CT molecular complexity index is 290. The first kappa shape index (κ1) is 9.02. The van der Waals surface area contributed by atoms with Crippen molar-refractivity contribution in [3.05, 3.63) is 24.0 Å². The molecule has 12 heavy (non-hydrogen) atoms. The van der Waals surface area contributed by atoms with Crippen LogP contribution in [0.4, 0.5) is 0 Å². The number of carbonyl (C=O) groups excluding carboxylic acids is 1. The summed E-state index contributed by atoms with van der Waals surface area (Å²) in [4.78, 5) is 15.8. The molecule has 64 valence electrons. The lowest BCUT2D eigenvalue weighted by atomic mass is 10.3. The third-order valence-electron chi connectivity index (χ3n) is 1.34. The SMILES string of the molecule is CSc1cncc(C(=O)NN)c1. The van der Waals surface area contributed by atoms with Crippen LogP contribution in [0.3, 0.4) is 0 Å². The van der Waals surface area contributed by atoms with Gasteiger partial charge in [0, 0.05) is 17.3 Å². The molecule has 4 nitrogen and oxygen atoms in total. The molecule has 1 amide bonds. The smallest absolute Gasteiger partial charge is 0.266 e. The summed E-state index contributed by atoms with van der Waals surface area (Å²) in [6.45, 7) is 0. The van der Waals surface area contributed by atoms with Gasteiger partial charge in [0.2, 0.25) is 0 Å². The summed E-state index contributed by atoms with van der Waals surface area (Å²) in [5.41, 5.74) is 2.52. The highest BCUT2D eigenvalue weighted by Crippen LogP contribution is 2.13. The molecule has 1 rings (SSSR count). The minimum atomic E-state index is -0.321. The maximum atomic E-state index is 11.0. The Labute approximate surface area is 74.5 Å². The minimum absolute atomic E-state index is 0.321. The van der Waals surface area contributed by atoms with Crippen molar-refractivity contribution in [2.75, 3.05) is 6.26 Å². The average Bonchev–Trinajstić information content (AvgIpc) is 2.17. The Hall–Kier alpha value is -1.07. The summed E-state index contributed by atoms with van der Waals surface area (Å²) in [7, 11) is 0. The van der Waals surface area contributed by atoms with Crippen LogP contribution in [0, 0.1) is 0 Å². The van der Waals surface area contributed by atoms with Gasteiger partial charge >= 0.3 is 0 Å². The van der Waals surface area contributed by atoms with Gasteiger partial charge in [-0.15, -0.1) is 11.8 Å². The lowest BCUT2D eigenvalue weighted by Gasteiger charge is -1.99. The van der Waals surface area contributed by atoms with Gasteiger partial charge < -0.3 is 0 Å². The fourth-order valence-corrected chi connectivity index (χ4v) is 1.15.